The third kappa shape index (κ3) is 4.83. The van der Waals surface area contributed by atoms with E-state index in [4.69, 9.17) is 26.2 Å². The van der Waals surface area contributed by atoms with Gasteiger partial charge >= 0.3 is 6.03 Å². The molecule has 2 amide bonds. The van der Waals surface area contributed by atoms with E-state index in [0.29, 0.717) is 29.7 Å². The number of aryl methyl sites for hydroxylation is 1. The van der Waals surface area contributed by atoms with Crippen LogP contribution in [-0.4, -0.2) is 40.4 Å². The van der Waals surface area contributed by atoms with Crippen LogP contribution in [0, 0.1) is 6.92 Å². The average molecular weight is 455 g/mol. The number of halogens is 1. The van der Waals surface area contributed by atoms with Gasteiger partial charge in [-0.05, 0) is 69.2 Å². The summed E-state index contributed by atoms with van der Waals surface area (Å²) in [7, 11) is 1.62. The minimum absolute atomic E-state index is 0.0692. The van der Waals surface area contributed by atoms with Gasteiger partial charge in [0.2, 0.25) is 5.88 Å². The van der Waals surface area contributed by atoms with E-state index in [1.165, 1.54) is 0 Å². The molecule has 0 radical (unpaired) electrons. The van der Waals surface area contributed by atoms with Gasteiger partial charge in [0.25, 0.3) is 0 Å². The molecule has 3 aromatic rings. The number of nitrogens with one attached hydrogen (secondary N) is 1. The summed E-state index contributed by atoms with van der Waals surface area (Å²) >= 11 is 6.24. The van der Waals surface area contributed by atoms with E-state index in [-0.39, 0.29) is 12.1 Å². The number of amides is 2. The topological polar surface area (TPSA) is 68.6 Å². The molecule has 1 aliphatic rings. The molecule has 1 heterocycles. The lowest BCUT2D eigenvalue weighted by molar-refractivity contribution is 0.192. The highest BCUT2D eigenvalue weighted by Crippen LogP contribution is 2.35. The average Bonchev–Trinajstić information content (AvgIpc) is 3.58. The van der Waals surface area contributed by atoms with Crippen molar-refractivity contribution in [3.8, 4) is 23.1 Å². The van der Waals surface area contributed by atoms with Crippen molar-refractivity contribution in [2.45, 2.75) is 39.3 Å². The number of nitrogens with zero attached hydrogens (tertiary/aromatic N) is 3. The molecular weight excluding hydrogens is 428 g/mol. The van der Waals surface area contributed by atoms with Crippen LogP contribution in [0.2, 0.25) is 5.02 Å². The number of benzene rings is 2. The maximum atomic E-state index is 12.7. The Bertz CT molecular complexity index is 1090. The first-order valence-corrected chi connectivity index (χ1v) is 11.1. The Labute approximate surface area is 192 Å². The summed E-state index contributed by atoms with van der Waals surface area (Å²) in [6.07, 6.45) is 2.01. The van der Waals surface area contributed by atoms with E-state index in [0.717, 1.165) is 35.5 Å². The molecule has 168 valence electrons. The number of ether oxygens (including phenoxy) is 2. The van der Waals surface area contributed by atoms with Gasteiger partial charge < -0.3 is 19.7 Å². The summed E-state index contributed by atoms with van der Waals surface area (Å²) in [5.74, 6) is 1.95. The summed E-state index contributed by atoms with van der Waals surface area (Å²) in [5.41, 5.74) is 2.44. The van der Waals surface area contributed by atoms with E-state index in [1.54, 1.807) is 11.8 Å². The van der Waals surface area contributed by atoms with Gasteiger partial charge in [0, 0.05) is 17.6 Å². The number of urea groups is 1. The maximum Gasteiger partial charge on any atom is 0.317 e. The highest BCUT2D eigenvalue weighted by Gasteiger charge is 2.34. The summed E-state index contributed by atoms with van der Waals surface area (Å²) in [4.78, 5) is 14.6. The fourth-order valence-electron chi connectivity index (χ4n) is 3.54. The number of hydrogen-bond acceptors (Lipinski definition) is 4. The molecule has 8 heteroatoms. The fourth-order valence-corrected chi connectivity index (χ4v) is 3.72. The molecule has 1 aliphatic carbocycles. The van der Waals surface area contributed by atoms with Gasteiger partial charge in [0.05, 0.1) is 30.6 Å². The SMILES string of the molecule is CCNC(=O)N(Cc1c(C)nn(-c2cccc(Cl)c2)c1Oc1ccc(OC)cc1)C1CC1. The van der Waals surface area contributed by atoms with Crippen molar-refractivity contribution in [3.05, 3.63) is 64.8 Å². The van der Waals surface area contributed by atoms with Gasteiger partial charge in [-0.1, -0.05) is 17.7 Å². The molecule has 7 nitrogen and oxygen atoms in total. The number of hydrogen-bond donors (Lipinski definition) is 1. The molecule has 2 aromatic carbocycles. The second-order valence-electron chi connectivity index (χ2n) is 7.73. The first-order valence-electron chi connectivity index (χ1n) is 10.7. The largest absolute Gasteiger partial charge is 0.497 e. The van der Waals surface area contributed by atoms with Crippen molar-refractivity contribution in [1.29, 1.82) is 0 Å². The Morgan fingerprint density at radius 2 is 1.94 bits per heavy atom. The Morgan fingerprint density at radius 3 is 2.56 bits per heavy atom. The van der Waals surface area contributed by atoms with Crippen molar-refractivity contribution < 1.29 is 14.3 Å². The molecule has 0 unspecified atom stereocenters. The monoisotopic (exact) mass is 454 g/mol. The first kappa shape index (κ1) is 22.0. The molecule has 0 saturated heterocycles. The van der Waals surface area contributed by atoms with Crippen molar-refractivity contribution in [2.24, 2.45) is 0 Å². The van der Waals surface area contributed by atoms with Crippen LogP contribution in [0.4, 0.5) is 4.79 Å². The molecule has 0 bridgehead atoms. The van der Waals surface area contributed by atoms with Crippen molar-refractivity contribution >= 4 is 17.6 Å². The lowest BCUT2D eigenvalue weighted by Gasteiger charge is -2.23. The zero-order chi connectivity index (χ0) is 22.7. The van der Waals surface area contributed by atoms with Gasteiger partial charge in [0.1, 0.15) is 11.5 Å². The normalized spacial score (nSPS) is 13.0. The predicted molar refractivity (Wildman–Crippen MR) is 124 cm³/mol. The van der Waals surface area contributed by atoms with Gasteiger partial charge in [0.15, 0.2) is 0 Å². The Morgan fingerprint density at radius 1 is 1.22 bits per heavy atom. The second-order valence-corrected chi connectivity index (χ2v) is 8.17. The summed E-state index contributed by atoms with van der Waals surface area (Å²) in [6, 6.07) is 15.0. The van der Waals surface area contributed by atoms with Crippen molar-refractivity contribution in [1.82, 2.24) is 20.0 Å². The zero-order valence-electron chi connectivity index (χ0n) is 18.5. The zero-order valence-corrected chi connectivity index (χ0v) is 19.2. The highest BCUT2D eigenvalue weighted by molar-refractivity contribution is 6.30. The lowest BCUT2D eigenvalue weighted by Crippen LogP contribution is -2.40. The van der Waals surface area contributed by atoms with Gasteiger partial charge in [-0.3, -0.25) is 0 Å². The highest BCUT2D eigenvalue weighted by atomic mass is 35.5. The molecule has 0 atom stereocenters. The molecule has 0 spiro atoms. The van der Waals surface area contributed by atoms with E-state index < -0.39 is 0 Å². The van der Waals surface area contributed by atoms with Crippen molar-refractivity contribution in [2.75, 3.05) is 13.7 Å². The molecule has 32 heavy (non-hydrogen) atoms. The minimum atomic E-state index is -0.0692. The van der Waals surface area contributed by atoms with Crippen LogP contribution >= 0.6 is 11.6 Å². The smallest absolute Gasteiger partial charge is 0.317 e. The number of carbonyl (C=O) groups excluding carboxylic acids is 1. The predicted octanol–water partition coefficient (Wildman–Crippen LogP) is 5.33. The molecule has 1 aromatic heterocycles. The van der Waals surface area contributed by atoms with Crippen LogP contribution in [0.5, 0.6) is 17.4 Å². The quantitative estimate of drug-likeness (QED) is 0.499. The Hall–Kier alpha value is -3.19. The second kappa shape index (κ2) is 9.53. The number of carbonyl (C=O) groups is 1. The number of rotatable bonds is 8. The third-order valence-corrected chi connectivity index (χ3v) is 5.60. The molecular formula is C24H27ClN4O3. The van der Waals surface area contributed by atoms with Gasteiger partial charge in [-0.15, -0.1) is 0 Å². The minimum Gasteiger partial charge on any atom is -0.497 e. The van der Waals surface area contributed by atoms with Crippen LogP contribution in [0.25, 0.3) is 5.69 Å². The number of aromatic nitrogens is 2. The summed E-state index contributed by atoms with van der Waals surface area (Å²) < 4.78 is 13.3. The standard InChI is InChI=1S/C24H27ClN4O3/c1-4-26-24(30)28(18-8-9-18)15-22-16(2)27-29(19-7-5-6-17(25)14-19)23(22)32-21-12-10-20(31-3)11-13-21/h5-7,10-14,18H,4,8-9,15H2,1-3H3,(H,26,30). The summed E-state index contributed by atoms with van der Waals surface area (Å²) in [6.45, 7) is 4.84. The van der Waals surface area contributed by atoms with E-state index in [1.807, 2.05) is 67.3 Å². The van der Waals surface area contributed by atoms with Crippen LogP contribution in [-0.2, 0) is 6.54 Å². The van der Waals surface area contributed by atoms with E-state index in [9.17, 15) is 4.79 Å². The Kier molecular flexibility index (Phi) is 6.55. The van der Waals surface area contributed by atoms with Crippen molar-refractivity contribution in [3.63, 3.8) is 0 Å². The van der Waals surface area contributed by atoms with Crippen LogP contribution < -0.4 is 14.8 Å². The molecule has 0 aliphatic heterocycles. The first-order chi connectivity index (χ1) is 15.5. The molecule has 4 rings (SSSR count). The van der Waals surface area contributed by atoms with Crippen LogP contribution in [0.3, 0.4) is 0 Å². The maximum absolute atomic E-state index is 12.7. The van der Waals surface area contributed by atoms with Gasteiger partial charge in [-0.25, -0.2) is 9.48 Å². The molecule has 1 N–H and O–H groups in total. The van der Waals surface area contributed by atoms with E-state index >= 15 is 0 Å². The number of methoxy groups -OCH3 is 1. The van der Waals surface area contributed by atoms with Gasteiger partial charge in [-0.2, -0.15) is 5.10 Å². The Balaban J connectivity index is 1.75. The van der Waals surface area contributed by atoms with Crippen LogP contribution in [0.15, 0.2) is 48.5 Å². The lowest BCUT2D eigenvalue weighted by atomic mass is 10.2. The van der Waals surface area contributed by atoms with Crippen LogP contribution in [0.1, 0.15) is 31.0 Å². The molecule has 1 saturated carbocycles. The fraction of sp³-hybridized carbons (Fsp3) is 0.333. The third-order valence-electron chi connectivity index (χ3n) is 5.37. The van der Waals surface area contributed by atoms with E-state index in [2.05, 4.69) is 5.32 Å². The molecule has 1 fully saturated rings. The summed E-state index contributed by atoms with van der Waals surface area (Å²) in [5, 5.41) is 8.27.